The van der Waals surface area contributed by atoms with Crippen molar-refractivity contribution < 1.29 is 14.3 Å². The first-order valence-electron chi connectivity index (χ1n) is 12.8. The first kappa shape index (κ1) is 27.3. The van der Waals surface area contributed by atoms with Crippen molar-refractivity contribution in [2.45, 2.75) is 33.6 Å². The summed E-state index contributed by atoms with van der Waals surface area (Å²) in [6.07, 6.45) is 3.84. The van der Waals surface area contributed by atoms with Gasteiger partial charge in [-0.25, -0.2) is 4.98 Å². The van der Waals surface area contributed by atoms with Crippen molar-refractivity contribution in [1.82, 2.24) is 19.6 Å². The molecule has 1 N–H and O–H groups in total. The topological polar surface area (TPSA) is 71.3 Å². The molecule has 0 radical (unpaired) electrons. The number of imidazole rings is 1. The van der Waals surface area contributed by atoms with Crippen molar-refractivity contribution in [3.63, 3.8) is 0 Å². The van der Waals surface area contributed by atoms with E-state index in [1.165, 1.54) is 0 Å². The number of anilines is 1. The van der Waals surface area contributed by atoms with Crippen LogP contribution >= 0.6 is 0 Å². The first-order chi connectivity index (χ1) is 17.3. The number of carbonyl (C=O) groups excluding carboxylic acids is 1. The smallest absolute Gasteiger partial charge is 0.252 e. The number of hydrogen-bond donors (Lipinski definition) is 1. The van der Waals surface area contributed by atoms with Crippen LogP contribution in [0.2, 0.25) is 0 Å². The molecule has 3 aromatic rings. The van der Waals surface area contributed by atoms with E-state index in [4.69, 9.17) is 14.5 Å². The third-order valence-electron chi connectivity index (χ3n) is 6.07. The van der Waals surface area contributed by atoms with Gasteiger partial charge in [-0.3, -0.25) is 9.20 Å². The van der Waals surface area contributed by atoms with E-state index in [1.54, 1.807) is 7.11 Å². The molecule has 0 aliphatic heterocycles. The predicted octanol–water partition coefficient (Wildman–Crippen LogP) is 4.13. The third kappa shape index (κ3) is 7.37. The standard InChI is InChI=1S/C28H41N5O3/c1-7-25-28(32(16-14-21(2)3)18-17-31(4)5)33-20-22(8-13-26(33)30-25)27(34)29-15-19-36-24-11-9-23(35-6)10-12-24/h8-13,20-21H,7,14-19H2,1-6H3,(H,29,34). The van der Waals surface area contributed by atoms with Gasteiger partial charge in [-0.05, 0) is 69.3 Å². The van der Waals surface area contributed by atoms with Crippen molar-refractivity contribution in [1.29, 1.82) is 0 Å². The van der Waals surface area contributed by atoms with Crippen LogP contribution in [0, 0.1) is 5.92 Å². The average Bonchev–Trinajstić information content (AvgIpc) is 3.24. The van der Waals surface area contributed by atoms with Crippen LogP contribution in [-0.4, -0.2) is 74.2 Å². The Labute approximate surface area is 215 Å². The minimum absolute atomic E-state index is 0.130. The highest BCUT2D eigenvalue weighted by molar-refractivity contribution is 5.94. The van der Waals surface area contributed by atoms with Crippen LogP contribution < -0.4 is 19.7 Å². The van der Waals surface area contributed by atoms with Crippen LogP contribution in [0.15, 0.2) is 42.6 Å². The Kier molecular flexibility index (Phi) is 9.99. The Morgan fingerprint density at radius 2 is 1.78 bits per heavy atom. The zero-order valence-corrected chi connectivity index (χ0v) is 22.6. The molecule has 2 heterocycles. The lowest BCUT2D eigenvalue weighted by atomic mass is 10.1. The Bertz CT molecular complexity index is 1100. The highest BCUT2D eigenvalue weighted by Gasteiger charge is 2.19. The van der Waals surface area contributed by atoms with Crippen molar-refractivity contribution >= 4 is 17.4 Å². The van der Waals surface area contributed by atoms with Gasteiger partial charge >= 0.3 is 0 Å². The van der Waals surface area contributed by atoms with Crippen LogP contribution in [0.5, 0.6) is 11.5 Å². The van der Waals surface area contributed by atoms with Crippen LogP contribution in [0.4, 0.5) is 5.82 Å². The monoisotopic (exact) mass is 495 g/mol. The number of amides is 1. The van der Waals surface area contributed by atoms with Gasteiger partial charge in [-0.2, -0.15) is 0 Å². The van der Waals surface area contributed by atoms with Crippen molar-refractivity contribution in [3.05, 3.63) is 53.9 Å². The quantitative estimate of drug-likeness (QED) is 0.339. The van der Waals surface area contributed by atoms with E-state index in [-0.39, 0.29) is 5.91 Å². The fourth-order valence-corrected chi connectivity index (χ4v) is 3.95. The summed E-state index contributed by atoms with van der Waals surface area (Å²) in [5.74, 6) is 3.08. The molecule has 0 fully saturated rings. The Hall–Kier alpha value is -3.26. The van der Waals surface area contributed by atoms with Crippen molar-refractivity contribution in [3.8, 4) is 11.5 Å². The molecule has 8 nitrogen and oxygen atoms in total. The molecule has 0 atom stereocenters. The Balaban J connectivity index is 1.73. The summed E-state index contributed by atoms with van der Waals surface area (Å²) in [6.45, 7) is 10.2. The molecule has 0 saturated heterocycles. The van der Waals surface area contributed by atoms with Gasteiger partial charge in [-0.1, -0.05) is 20.8 Å². The fourth-order valence-electron chi connectivity index (χ4n) is 3.95. The number of methoxy groups -OCH3 is 1. The molecule has 3 rings (SSSR count). The first-order valence-corrected chi connectivity index (χ1v) is 12.8. The molecule has 196 valence electrons. The number of nitrogens with one attached hydrogen (secondary N) is 1. The molecule has 0 aliphatic rings. The fraction of sp³-hybridized carbons (Fsp3) is 0.500. The van der Waals surface area contributed by atoms with E-state index >= 15 is 0 Å². The summed E-state index contributed by atoms with van der Waals surface area (Å²) in [5.41, 5.74) is 2.52. The Morgan fingerprint density at radius 3 is 2.42 bits per heavy atom. The van der Waals surface area contributed by atoms with Gasteiger partial charge in [0.1, 0.15) is 29.6 Å². The lowest BCUT2D eigenvalue weighted by Gasteiger charge is -2.27. The Morgan fingerprint density at radius 1 is 1.06 bits per heavy atom. The highest BCUT2D eigenvalue weighted by atomic mass is 16.5. The SMILES string of the molecule is CCc1nc2ccc(C(=O)NCCOc3ccc(OC)cc3)cn2c1N(CCC(C)C)CCN(C)C. The number of carbonyl (C=O) groups is 1. The van der Waals surface area contributed by atoms with Gasteiger partial charge in [0.25, 0.3) is 5.91 Å². The van der Waals surface area contributed by atoms with E-state index < -0.39 is 0 Å². The lowest BCUT2D eigenvalue weighted by Crippen LogP contribution is -2.34. The maximum Gasteiger partial charge on any atom is 0.252 e. The summed E-state index contributed by atoms with van der Waals surface area (Å²) in [6, 6.07) is 11.2. The van der Waals surface area contributed by atoms with Gasteiger partial charge in [0.15, 0.2) is 0 Å². The van der Waals surface area contributed by atoms with Gasteiger partial charge in [0.2, 0.25) is 0 Å². The van der Waals surface area contributed by atoms with Crippen LogP contribution in [0.25, 0.3) is 5.65 Å². The largest absolute Gasteiger partial charge is 0.497 e. The third-order valence-corrected chi connectivity index (χ3v) is 6.07. The number of ether oxygens (including phenoxy) is 2. The van der Waals surface area contributed by atoms with Crippen molar-refractivity contribution in [2.75, 3.05) is 58.9 Å². The number of rotatable bonds is 14. The molecule has 1 amide bonds. The van der Waals surface area contributed by atoms with E-state index in [9.17, 15) is 4.79 Å². The molecular formula is C28H41N5O3. The minimum Gasteiger partial charge on any atom is -0.497 e. The molecule has 0 bridgehead atoms. The average molecular weight is 496 g/mol. The minimum atomic E-state index is -0.130. The molecule has 1 aromatic carbocycles. The van der Waals surface area contributed by atoms with E-state index in [0.717, 1.165) is 61.1 Å². The van der Waals surface area contributed by atoms with Crippen LogP contribution in [0.3, 0.4) is 0 Å². The molecule has 0 spiro atoms. The van der Waals surface area contributed by atoms with Gasteiger partial charge < -0.3 is 24.6 Å². The van der Waals surface area contributed by atoms with Gasteiger partial charge in [-0.15, -0.1) is 0 Å². The number of pyridine rings is 1. The summed E-state index contributed by atoms with van der Waals surface area (Å²) < 4.78 is 13.0. The summed E-state index contributed by atoms with van der Waals surface area (Å²) in [7, 11) is 5.82. The van der Waals surface area contributed by atoms with E-state index in [1.807, 2.05) is 42.6 Å². The second-order valence-electron chi connectivity index (χ2n) is 9.63. The van der Waals surface area contributed by atoms with Gasteiger partial charge in [0, 0.05) is 25.8 Å². The highest BCUT2D eigenvalue weighted by Crippen LogP contribution is 2.25. The molecule has 0 unspecified atom stereocenters. The number of hydrogen-bond acceptors (Lipinski definition) is 6. The lowest BCUT2D eigenvalue weighted by molar-refractivity contribution is 0.0946. The number of likely N-dealkylation sites (N-methyl/N-ethyl adjacent to an activating group) is 1. The summed E-state index contributed by atoms with van der Waals surface area (Å²) in [5, 5.41) is 2.96. The van der Waals surface area contributed by atoms with Crippen LogP contribution in [-0.2, 0) is 6.42 Å². The second-order valence-corrected chi connectivity index (χ2v) is 9.63. The van der Waals surface area contributed by atoms with Crippen LogP contribution in [0.1, 0.15) is 43.2 Å². The number of nitrogens with zero attached hydrogens (tertiary/aromatic N) is 4. The van der Waals surface area contributed by atoms with E-state index in [2.05, 4.69) is 54.4 Å². The maximum absolute atomic E-state index is 12.9. The predicted molar refractivity (Wildman–Crippen MR) is 146 cm³/mol. The maximum atomic E-state index is 12.9. The second kappa shape index (κ2) is 13.2. The summed E-state index contributed by atoms with van der Waals surface area (Å²) in [4.78, 5) is 22.4. The molecule has 0 saturated carbocycles. The van der Waals surface area contributed by atoms with Gasteiger partial charge in [0.05, 0.1) is 24.9 Å². The van der Waals surface area contributed by atoms with Crippen molar-refractivity contribution in [2.24, 2.45) is 5.92 Å². The zero-order chi connectivity index (χ0) is 26.1. The van der Waals surface area contributed by atoms with E-state index in [0.29, 0.717) is 24.6 Å². The summed E-state index contributed by atoms with van der Waals surface area (Å²) >= 11 is 0. The number of fused-ring (bicyclic) bond motifs is 1. The molecule has 2 aromatic heterocycles. The zero-order valence-electron chi connectivity index (χ0n) is 22.6. The number of aryl methyl sites for hydroxylation is 1. The normalized spacial score (nSPS) is 11.3. The molecule has 36 heavy (non-hydrogen) atoms. The number of aromatic nitrogens is 2. The molecule has 0 aliphatic carbocycles. The molecular weight excluding hydrogens is 454 g/mol. The number of benzene rings is 1. The molecule has 8 heteroatoms.